The summed E-state index contributed by atoms with van der Waals surface area (Å²) < 4.78 is 7.55. The molecule has 0 saturated carbocycles. The fraction of sp³-hybridized carbons (Fsp3) is 0. The lowest BCUT2D eigenvalue weighted by molar-refractivity contribution is 1.17. The standard InChI is InChI=1S/C48H30N2S/c1-2-12-31(13-3-1)32-14-10-16-35(28-32)49-41-21-7-4-19-38(41)47-43(49)25-26-44-48(47)39-20-5-8-22-42(39)50(44)36-17-11-15-33(29-36)34-24-27-46-40(30-34)37-18-6-9-23-45(37)51-46/h1-30H. The fourth-order valence-electron chi connectivity index (χ4n) is 8.26. The topological polar surface area (TPSA) is 9.86 Å². The monoisotopic (exact) mass is 666 g/mol. The van der Waals surface area contributed by atoms with Crippen molar-refractivity contribution in [3.05, 3.63) is 182 Å². The molecular weight excluding hydrogens is 637 g/mol. The third kappa shape index (κ3) is 4.29. The van der Waals surface area contributed by atoms with Gasteiger partial charge in [-0.3, -0.25) is 0 Å². The largest absolute Gasteiger partial charge is 0.309 e. The molecule has 3 heteroatoms. The van der Waals surface area contributed by atoms with E-state index in [2.05, 4.69) is 191 Å². The highest BCUT2D eigenvalue weighted by atomic mass is 32.1. The van der Waals surface area contributed by atoms with E-state index in [-0.39, 0.29) is 0 Å². The predicted octanol–water partition coefficient (Wildman–Crippen LogP) is 13.6. The van der Waals surface area contributed by atoms with Gasteiger partial charge in [0, 0.05) is 53.1 Å². The molecule has 0 bridgehead atoms. The van der Waals surface area contributed by atoms with Crippen molar-refractivity contribution in [2.24, 2.45) is 0 Å². The molecule has 0 aliphatic heterocycles. The molecule has 0 atom stereocenters. The number of rotatable bonds is 4. The Morgan fingerprint density at radius 1 is 0.294 bits per heavy atom. The van der Waals surface area contributed by atoms with Crippen LogP contribution in [0.25, 0.3) is 97.4 Å². The molecule has 3 aromatic heterocycles. The Morgan fingerprint density at radius 3 is 1.43 bits per heavy atom. The summed E-state index contributed by atoms with van der Waals surface area (Å²) >= 11 is 1.87. The number of thiophene rings is 1. The van der Waals surface area contributed by atoms with Gasteiger partial charge in [0.1, 0.15) is 0 Å². The quantitative estimate of drug-likeness (QED) is 0.177. The van der Waals surface area contributed by atoms with Crippen LogP contribution in [0.3, 0.4) is 0 Å². The Morgan fingerprint density at radius 2 is 0.784 bits per heavy atom. The van der Waals surface area contributed by atoms with Crippen molar-refractivity contribution in [3.8, 4) is 33.6 Å². The Bertz CT molecular complexity index is 3140. The molecule has 0 fully saturated rings. The molecule has 0 aliphatic rings. The van der Waals surface area contributed by atoms with Gasteiger partial charge in [-0.15, -0.1) is 11.3 Å². The van der Waals surface area contributed by atoms with Crippen LogP contribution in [0.4, 0.5) is 0 Å². The van der Waals surface area contributed by atoms with E-state index in [1.807, 2.05) is 11.3 Å². The van der Waals surface area contributed by atoms with E-state index in [9.17, 15) is 0 Å². The summed E-state index contributed by atoms with van der Waals surface area (Å²) in [5, 5.41) is 7.74. The first kappa shape index (κ1) is 28.4. The minimum absolute atomic E-state index is 1.16. The number of hydrogen-bond donors (Lipinski definition) is 0. The van der Waals surface area contributed by atoms with Crippen LogP contribution in [0.1, 0.15) is 0 Å². The van der Waals surface area contributed by atoms with Crippen LogP contribution in [0.2, 0.25) is 0 Å². The van der Waals surface area contributed by atoms with E-state index < -0.39 is 0 Å². The van der Waals surface area contributed by atoms with E-state index >= 15 is 0 Å². The van der Waals surface area contributed by atoms with Gasteiger partial charge < -0.3 is 9.13 Å². The molecule has 0 unspecified atom stereocenters. The van der Waals surface area contributed by atoms with Crippen molar-refractivity contribution < 1.29 is 0 Å². The lowest BCUT2D eigenvalue weighted by Crippen LogP contribution is -1.95. The molecule has 0 N–H and O–H groups in total. The smallest absolute Gasteiger partial charge is 0.0548 e. The number of fused-ring (bicyclic) bond motifs is 10. The van der Waals surface area contributed by atoms with E-state index in [1.165, 1.54) is 86.0 Å². The average Bonchev–Trinajstić information content (AvgIpc) is 3.85. The average molecular weight is 667 g/mol. The molecule has 11 aromatic rings. The molecule has 8 aromatic carbocycles. The highest BCUT2D eigenvalue weighted by molar-refractivity contribution is 7.25. The number of nitrogens with zero attached hydrogens (tertiary/aromatic N) is 2. The Balaban J connectivity index is 1.15. The minimum atomic E-state index is 1.16. The molecule has 11 rings (SSSR count). The zero-order valence-electron chi connectivity index (χ0n) is 27.6. The number of aromatic nitrogens is 2. The van der Waals surface area contributed by atoms with Crippen LogP contribution in [0.15, 0.2) is 182 Å². The van der Waals surface area contributed by atoms with E-state index in [0.717, 1.165) is 11.4 Å². The van der Waals surface area contributed by atoms with Gasteiger partial charge in [-0.25, -0.2) is 0 Å². The van der Waals surface area contributed by atoms with Crippen molar-refractivity contribution in [1.29, 1.82) is 0 Å². The highest BCUT2D eigenvalue weighted by Crippen LogP contribution is 2.43. The summed E-state index contributed by atoms with van der Waals surface area (Å²) in [6.07, 6.45) is 0. The summed E-state index contributed by atoms with van der Waals surface area (Å²) in [6.45, 7) is 0. The normalized spacial score (nSPS) is 11.9. The molecule has 2 nitrogen and oxygen atoms in total. The van der Waals surface area contributed by atoms with Gasteiger partial charge in [0.2, 0.25) is 0 Å². The number of benzene rings is 8. The molecular formula is C48H30N2S. The van der Waals surface area contributed by atoms with Crippen LogP contribution in [0, 0.1) is 0 Å². The van der Waals surface area contributed by atoms with Gasteiger partial charge in [-0.05, 0) is 89.0 Å². The lowest BCUT2D eigenvalue weighted by Gasteiger charge is -2.12. The zero-order chi connectivity index (χ0) is 33.5. The molecule has 3 heterocycles. The molecule has 0 spiro atoms. The number of para-hydroxylation sites is 2. The van der Waals surface area contributed by atoms with Gasteiger partial charge in [0.25, 0.3) is 0 Å². The third-order valence-corrected chi connectivity index (χ3v) is 11.6. The SMILES string of the molecule is c1ccc(-c2cccc(-n3c4ccccc4c4c5c6ccccc6n(-c6cccc(-c7ccc8sc9ccccc9c8c7)c6)c5ccc43)c2)cc1. The summed E-state index contributed by atoms with van der Waals surface area (Å²) in [5.74, 6) is 0. The summed E-state index contributed by atoms with van der Waals surface area (Å²) in [4.78, 5) is 0. The maximum absolute atomic E-state index is 2.45. The van der Waals surface area contributed by atoms with Gasteiger partial charge in [0.15, 0.2) is 0 Å². The molecule has 238 valence electrons. The third-order valence-electron chi connectivity index (χ3n) is 10.5. The first-order valence-electron chi connectivity index (χ1n) is 17.4. The second kappa shape index (κ2) is 11.0. The number of hydrogen-bond acceptors (Lipinski definition) is 1. The predicted molar refractivity (Wildman–Crippen MR) is 219 cm³/mol. The van der Waals surface area contributed by atoms with E-state index in [4.69, 9.17) is 0 Å². The van der Waals surface area contributed by atoms with Crippen LogP contribution in [-0.4, -0.2) is 9.13 Å². The van der Waals surface area contributed by atoms with Crippen LogP contribution in [0.5, 0.6) is 0 Å². The van der Waals surface area contributed by atoms with Crippen molar-refractivity contribution in [3.63, 3.8) is 0 Å². The molecule has 0 saturated heterocycles. The van der Waals surface area contributed by atoms with E-state index in [1.54, 1.807) is 0 Å². The molecule has 0 aliphatic carbocycles. The molecule has 51 heavy (non-hydrogen) atoms. The second-order valence-corrected chi connectivity index (χ2v) is 14.4. The second-order valence-electron chi connectivity index (χ2n) is 13.3. The maximum atomic E-state index is 2.45. The Hall–Kier alpha value is -6.42. The van der Waals surface area contributed by atoms with Crippen LogP contribution < -0.4 is 0 Å². The first-order valence-corrected chi connectivity index (χ1v) is 18.3. The van der Waals surface area contributed by atoms with Gasteiger partial charge >= 0.3 is 0 Å². The zero-order valence-corrected chi connectivity index (χ0v) is 28.4. The summed E-state index contributed by atoms with van der Waals surface area (Å²) in [6, 6.07) is 66.6. The first-order chi connectivity index (χ1) is 25.3. The van der Waals surface area contributed by atoms with Crippen molar-refractivity contribution in [2.75, 3.05) is 0 Å². The van der Waals surface area contributed by atoms with Crippen LogP contribution in [-0.2, 0) is 0 Å². The van der Waals surface area contributed by atoms with Gasteiger partial charge in [-0.2, -0.15) is 0 Å². The van der Waals surface area contributed by atoms with E-state index in [0.29, 0.717) is 0 Å². The summed E-state index contributed by atoms with van der Waals surface area (Å²) in [7, 11) is 0. The van der Waals surface area contributed by atoms with Crippen LogP contribution >= 0.6 is 11.3 Å². The Labute approximate surface area is 298 Å². The lowest BCUT2D eigenvalue weighted by atomic mass is 10.0. The summed E-state index contributed by atoms with van der Waals surface area (Å²) in [5.41, 5.74) is 12.0. The highest BCUT2D eigenvalue weighted by Gasteiger charge is 2.21. The minimum Gasteiger partial charge on any atom is -0.309 e. The molecule has 0 radical (unpaired) electrons. The molecule has 0 amide bonds. The van der Waals surface area contributed by atoms with Gasteiger partial charge in [0.05, 0.1) is 22.1 Å². The van der Waals surface area contributed by atoms with Crippen molar-refractivity contribution in [1.82, 2.24) is 9.13 Å². The Kier molecular flexibility index (Phi) is 6.16. The maximum Gasteiger partial charge on any atom is 0.0548 e. The van der Waals surface area contributed by atoms with Crippen molar-refractivity contribution >= 4 is 75.1 Å². The fourth-order valence-corrected chi connectivity index (χ4v) is 9.35. The van der Waals surface area contributed by atoms with Crippen molar-refractivity contribution in [2.45, 2.75) is 0 Å². The van der Waals surface area contributed by atoms with Gasteiger partial charge in [-0.1, -0.05) is 115 Å².